The van der Waals surface area contributed by atoms with E-state index < -0.39 is 6.10 Å². The maximum Gasteiger partial charge on any atom is 0.255 e. The van der Waals surface area contributed by atoms with Gasteiger partial charge in [-0.2, -0.15) is 0 Å². The van der Waals surface area contributed by atoms with Gasteiger partial charge in [0, 0.05) is 28.9 Å². The van der Waals surface area contributed by atoms with Gasteiger partial charge < -0.3 is 15.4 Å². The molecular weight excluding hydrogens is 340 g/mol. The number of hydrogen-bond donors (Lipinski definition) is 2. The van der Waals surface area contributed by atoms with Crippen LogP contribution in [0.4, 0.5) is 11.4 Å². The Balaban J connectivity index is 1.51. The van der Waals surface area contributed by atoms with Gasteiger partial charge in [-0.1, -0.05) is 42.5 Å². The van der Waals surface area contributed by atoms with Gasteiger partial charge in [0.25, 0.3) is 11.8 Å². The predicted octanol–water partition coefficient (Wildman–Crippen LogP) is 4.21. The standard InChI is InChI=1S/C22H20N2O3/c25-21(24-19-11-4-7-15-6-1-2-10-18(15)19)16-8-3-9-17(14-16)23-22(26)20-12-5-13-27-20/h1-4,6-11,14,20H,5,12-13H2,(H,23,26)(H,24,25)/t20-/m0/s1. The molecule has 0 unspecified atom stereocenters. The third kappa shape index (κ3) is 3.83. The molecule has 5 heteroatoms. The van der Waals surface area contributed by atoms with Gasteiger partial charge >= 0.3 is 0 Å². The number of rotatable bonds is 4. The number of ether oxygens (including phenoxy) is 1. The van der Waals surface area contributed by atoms with Gasteiger partial charge in [-0.25, -0.2) is 0 Å². The third-order valence-corrected chi connectivity index (χ3v) is 4.65. The lowest BCUT2D eigenvalue weighted by atomic mass is 10.1. The molecule has 1 aliphatic heterocycles. The van der Waals surface area contributed by atoms with Crippen LogP contribution in [0.5, 0.6) is 0 Å². The fourth-order valence-electron chi connectivity index (χ4n) is 3.27. The summed E-state index contributed by atoms with van der Waals surface area (Å²) in [6, 6.07) is 20.6. The summed E-state index contributed by atoms with van der Waals surface area (Å²) in [6.45, 7) is 0.617. The van der Waals surface area contributed by atoms with Crippen LogP contribution >= 0.6 is 0 Å². The summed E-state index contributed by atoms with van der Waals surface area (Å²) in [6.07, 6.45) is 1.22. The van der Waals surface area contributed by atoms with Gasteiger partial charge in [-0.05, 0) is 42.5 Å². The SMILES string of the molecule is O=C(Nc1cccc2ccccc12)c1cccc(NC(=O)[C@@H]2CCCO2)c1. The number of anilines is 2. The first-order chi connectivity index (χ1) is 13.2. The van der Waals surface area contributed by atoms with Gasteiger partial charge in [0.05, 0.1) is 0 Å². The zero-order valence-corrected chi connectivity index (χ0v) is 14.8. The zero-order chi connectivity index (χ0) is 18.6. The minimum atomic E-state index is -0.404. The van der Waals surface area contributed by atoms with E-state index in [1.807, 2.05) is 42.5 Å². The second-order valence-electron chi connectivity index (χ2n) is 6.55. The molecule has 0 aromatic heterocycles. The summed E-state index contributed by atoms with van der Waals surface area (Å²) in [5.41, 5.74) is 1.82. The quantitative estimate of drug-likeness (QED) is 0.732. The number of amides is 2. The molecule has 1 saturated heterocycles. The Morgan fingerprint density at radius 1 is 0.926 bits per heavy atom. The highest BCUT2D eigenvalue weighted by Gasteiger charge is 2.23. The summed E-state index contributed by atoms with van der Waals surface area (Å²) < 4.78 is 5.39. The molecule has 1 atom stereocenters. The van der Waals surface area contributed by atoms with Crippen LogP contribution in [0.25, 0.3) is 10.8 Å². The van der Waals surface area contributed by atoms with E-state index in [4.69, 9.17) is 4.74 Å². The monoisotopic (exact) mass is 360 g/mol. The van der Waals surface area contributed by atoms with Gasteiger partial charge in [0.15, 0.2) is 0 Å². The first kappa shape index (κ1) is 17.2. The van der Waals surface area contributed by atoms with E-state index in [0.29, 0.717) is 17.9 Å². The molecular formula is C22H20N2O3. The van der Waals surface area contributed by atoms with Crippen molar-refractivity contribution in [3.8, 4) is 0 Å². The Bertz CT molecular complexity index is 988. The Labute approximate surface area is 157 Å². The Morgan fingerprint density at radius 2 is 1.74 bits per heavy atom. The molecule has 1 fully saturated rings. The number of hydrogen-bond acceptors (Lipinski definition) is 3. The van der Waals surface area contributed by atoms with Crippen molar-refractivity contribution in [3.63, 3.8) is 0 Å². The molecule has 4 rings (SSSR count). The van der Waals surface area contributed by atoms with E-state index in [-0.39, 0.29) is 11.8 Å². The number of fused-ring (bicyclic) bond motifs is 1. The van der Waals surface area contributed by atoms with Crippen LogP contribution < -0.4 is 10.6 Å². The minimum absolute atomic E-state index is 0.167. The molecule has 5 nitrogen and oxygen atoms in total. The zero-order valence-electron chi connectivity index (χ0n) is 14.8. The number of nitrogens with one attached hydrogen (secondary N) is 2. The van der Waals surface area contributed by atoms with E-state index in [0.717, 1.165) is 29.3 Å². The molecule has 27 heavy (non-hydrogen) atoms. The number of carbonyl (C=O) groups excluding carboxylic acids is 2. The van der Waals surface area contributed by atoms with Crippen molar-refractivity contribution in [1.82, 2.24) is 0 Å². The molecule has 0 aliphatic carbocycles. The lowest BCUT2D eigenvalue weighted by molar-refractivity contribution is -0.124. The van der Waals surface area contributed by atoms with Gasteiger partial charge in [0.1, 0.15) is 6.10 Å². The van der Waals surface area contributed by atoms with Crippen molar-refractivity contribution >= 4 is 34.0 Å². The van der Waals surface area contributed by atoms with E-state index in [1.54, 1.807) is 24.3 Å². The van der Waals surface area contributed by atoms with Crippen LogP contribution in [-0.4, -0.2) is 24.5 Å². The largest absolute Gasteiger partial charge is 0.368 e. The lowest BCUT2D eigenvalue weighted by Gasteiger charge is -2.12. The first-order valence-electron chi connectivity index (χ1n) is 9.02. The Kier molecular flexibility index (Phi) is 4.85. The van der Waals surface area contributed by atoms with Gasteiger partial charge in [-0.3, -0.25) is 9.59 Å². The smallest absolute Gasteiger partial charge is 0.255 e. The first-order valence-corrected chi connectivity index (χ1v) is 9.02. The fourth-order valence-corrected chi connectivity index (χ4v) is 3.27. The molecule has 3 aromatic rings. The molecule has 0 spiro atoms. The molecule has 0 saturated carbocycles. The molecule has 0 radical (unpaired) electrons. The van der Waals surface area contributed by atoms with Crippen LogP contribution in [0.1, 0.15) is 23.2 Å². The van der Waals surface area contributed by atoms with Crippen LogP contribution in [0.2, 0.25) is 0 Å². The molecule has 0 bridgehead atoms. The van der Waals surface area contributed by atoms with E-state index in [2.05, 4.69) is 10.6 Å². The molecule has 2 N–H and O–H groups in total. The number of carbonyl (C=O) groups is 2. The van der Waals surface area contributed by atoms with E-state index >= 15 is 0 Å². The van der Waals surface area contributed by atoms with Crippen LogP contribution in [0, 0.1) is 0 Å². The van der Waals surface area contributed by atoms with Crippen LogP contribution in [0.15, 0.2) is 66.7 Å². The summed E-state index contributed by atoms with van der Waals surface area (Å²) >= 11 is 0. The summed E-state index contributed by atoms with van der Waals surface area (Å²) in [5, 5.41) is 7.83. The Hall–Kier alpha value is -3.18. The predicted molar refractivity (Wildman–Crippen MR) is 106 cm³/mol. The summed E-state index contributed by atoms with van der Waals surface area (Å²) in [5.74, 6) is -0.390. The topological polar surface area (TPSA) is 67.4 Å². The van der Waals surface area contributed by atoms with Gasteiger partial charge in [0.2, 0.25) is 0 Å². The lowest BCUT2D eigenvalue weighted by Crippen LogP contribution is -2.27. The average Bonchev–Trinajstić information content (AvgIpc) is 3.23. The molecule has 2 amide bonds. The van der Waals surface area contributed by atoms with Gasteiger partial charge in [-0.15, -0.1) is 0 Å². The summed E-state index contributed by atoms with van der Waals surface area (Å²) in [7, 11) is 0. The Morgan fingerprint density at radius 3 is 2.59 bits per heavy atom. The van der Waals surface area contributed by atoms with Crippen molar-refractivity contribution in [1.29, 1.82) is 0 Å². The number of benzene rings is 3. The van der Waals surface area contributed by atoms with E-state index in [1.165, 1.54) is 0 Å². The van der Waals surface area contributed by atoms with Crippen LogP contribution in [-0.2, 0) is 9.53 Å². The van der Waals surface area contributed by atoms with Crippen molar-refractivity contribution in [3.05, 3.63) is 72.3 Å². The maximum absolute atomic E-state index is 12.7. The highest BCUT2D eigenvalue weighted by molar-refractivity contribution is 6.09. The van der Waals surface area contributed by atoms with Crippen molar-refractivity contribution in [2.24, 2.45) is 0 Å². The van der Waals surface area contributed by atoms with Crippen molar-refractivity contribution < 1.29 is 14.3 Å². The summed E-state index contributed by atoms with van der Waals surface area (Å²) in [4.78, 5) is 24.9. The third-order valence-electron chi connectivity index (χ3n) is 4.65. The molecule has 1 heterocycles. The van der Waals surface area contributed by atoms with Crippen molar-refractivity contribution in [2.75, 3.05) is 17.2 Å². The maximum atomic E-state index is 12.7. The molecule has 3 aromatic carbocycles. The second kappa shape index (κ2) is 7.60. The fraction of sp³-hybridized carbons (Fsp3) is 0.182. The highest BCUT2D eigenvalue weighted by Crippen LogP contribution is 2.24. The van der Waals surface area contributed by atoms with E-state index in [9.17, 15) is 9.59 Å². The molecule has 1 aliphatic rings. The normalized spacial score (nSPS) is 16.2. The van der Waals surface area contributed by atoms with Crippen molar-refractivity contribution in [2.45, 2.75) is 18.9 Å². The second-order valence-corrected chi connectivity index (χ2v) is 6.55. The average molecular weight is 360 g/mol. The minimum Gasteiger partial charge on any atom is -0.368 e. The highest BCUT2D eigenvalue weighted by atomic mass is 16.5. The van der Waals surface area contributed by atoms with Crippen LogP contribution in [0.3, 0.4) is 0 Å². The molecule has 136 valence electrons.